The molecule has 4 rings (SSSR count). The van der Waals surface area contributed by atoms with Crippen LogP contribution in [0.4, 0.5) is 0 Å². The molecule has 0 N–H and O–H groups in total. The van der Waals surface area contributed by atoms with Crippen molar-refractivity contribution >= 4 is 0 Å². The van der Waals surface area contributed by atoms with E-state index in [9.17, 15) is 0 Å². The molecule has 30 heavy (non-hydrogen) atoms. The van der Waals surface area contributed by atoms with Crippen molar-refractivity contribution in [1.82, 2.24) is 0 Å². The van der Waals surface area contributed by atoms with Gasteiger partial charge in [0.2, 0.25) is 6.29 Å². The van der Waals surface area contributed by atoms with Crippen LogP contribution in [0.25, 0.3) is 0 Å². The van der Waals surface area contributed by atoms with E-state index in [2.05, 4.69) is 65.8 Å². The van der Waals surface area contributed by atoms with Gasteiger partial charge in [0, 0.05) is 5.92 Å². The predicted molar refractivity (Wildman–Crippen MR) is 125 cm³/mol. The monoisotopic (exact) mass is 412 g/mol. The SMILES string of the molecule is CC(C)CC(c1ccc(OC(OC2CC3CC2C2CCCC32)C(C)C)cc1)C(C)C. The van der Waals surface area contributed by atoms with Crippen LogP contribution in [0.2, 0.25) is 0 Å². The Kier molecular flexibility index (Phi) is 6.82. The van der Waals surface area contributed by atoms with Crippen LogP contribution < -0.4 is 4.74 Å². The number of benzene rings is 1. The number of rotatable bonds is 9. The summed E-state index contributed by atoms with van der Waals surface area (Å²) in [6.07, 6.45) is 8.54. The van der Waals surface area contributed by atoms with Crippen LogP contribution in [0, 0.1) is 41.4 Å². The van der Waals surface area contributed by atoms with Crippen LogP contribution in [0.5, 0.6) is 5.75 Å². The largest absolute Gasteiger partial charge is 0.465 e. The van der Waals surface area contributed by atoms with E-state index in [1.54, 1.807) is 0 Å². The Hall–Kier alpha value is -1.02. The fourth-order valence-electron chi connectivity index (χ4n) is 6.88. The third-order valence-corrected chi connectivity index (χ3v) is 8.31. The minimum atomic E-state index is -0.142. The van der Waals surface area contributed by atoms with Crippen molar-refractivity contribution in [2.45, 2.75) is 98.4 Å². The number of hydrogen-bond acceptors (Lipinski definition) is 2. The first-order chi connectivity index (χ1) is 14.3. The van der Waals surface area contributed by atoms with E-state index in [-0.39, 0.29) is 6.29 Å². The van der Waals surface area contributed by atoms with Crippen LogP contribution in [0.15, 0.2) is 24.3 Å². The molecule has 0 amide bonds. The first-order valence-electron chi connectivity index (χ1n) is 12.8. The predicted octanol–water partition coefficient (Wildman–Crippen LogP) is 7.67. The van der Waals surface area contributed by atoms with E-state index in [0.717, 1.165) is 29.4 Å². The van der Waals surface area contributed by atoms with Crippen LogP contribution in [0.3, 0.4) is 0 Å². The highest BCUT2D eigenvalue weighted by molar-refractivity contribution is 5.30. The molecule has 7 atom stereocenters. The molecule has 2 nitrogen and oxygen atoms in total. The lowest BCUT2D eigenvalue weighted by atomic mass is 9.80. The zero-order valence-electron chi connectivity index (χ0n) is 20.1. The highest BCUT2D eigenvalue weighted by Crippen LogP contribution is 2.59. The smallest absolute Gasteiger partial charge is 0.202 e. The molecule has 3 aliphatic carbocycles. The summed E-state index contributed by atoms with van der Waals surface area (Å²) in [5, 5.41) is 0. The molecular weight excluding hydrogens is 368 g/mol. The Morgan fingerprint density at radius 1 is 0.833 bits per heavy atom. The van der Waals surface area contributed by atoms with Crippen LogP contribution >= 0.6 is 0 Å². The molecule has 168 valence electrons. The van der Waals surface area contributed by atoms with Crippen molar-refractivity contribution in [2.24, 2.45) is 41.4 Å². The Bertz CT molecular complexity index is 676. The van der Waals surface area contributed by atoms with E-state index in [0.29, 0.717) is 29.8 Å². The Balaban J connectivity index is 1.39. The molecule has 1 aromatic carbocycles. The van der Waals surface area contributed by atoms with Gasteiger partial charge in [0.25, 0.3) is 0 Å². The minimum absolute atomic E-state index is 0.142. The third-order valence-electron chi connectivity index (χ3n) is 8.31. The lowest BCUT2D eigenvalue weighted by Gasteiger charge is -2.35. The maximum absolute atomic E-state index is 6.67. The first kappa shape index (κ1) is 22.2. The standard InChI is InChI=1S/C28H44O2/c1-17(2)14-25(18(3)4)20-10-12-22(13-11-20)29-28(19(5)6)30-27-16-21-15-26(27)24-9-7-8-23(21)24/h10-13,17-19,21,23-28H,7-9,14-16H2,1-6H3. The van der Waals surface area contributed by atoms with Gasteiger partial charge in [-0.3, -0.25) is 0 Å². The zero-order valence-corrected chi connectivity index (χ0v) is 20.1. The van der Waals surface area contributed by atoms with Gasteiger partial charge in [0.15, 0.2) is 0 Å². The quantitative estimate of drug-likeness (QED) is 0.387. The summed E-state index contributed by atoms with van der Waals surface area (Å²) < 4.78 is 13.1. The van der Waals surface area contributed by atoms with E-state index >= 15 is 0 Å². The second-order valence-electron chi connectivity index (χ2n) is 11.6. The van der Waals surface area contributed by atoms with E-state index in [1.165, 1.54) is 44.1 Å². The van der Waals surface area contributed by atoms with Crippen molar-refractivity contribution in [3.05, 3.63) is 29.8 Å². The highest BCUT2D eigenvalue weighted by Gasteiger charge is 2.54. The van der Waals surface area contributed by atoms with Gasteiger partial charge < -0.3 is 9.47 Å². The van der Waals surface area contributed by atoms with E-state index < -0.39 is 0 Å². The molecule has 3 aliphatic rings. The van der Waals surface area contributed by atoms with Crippen molar-refractivity contribution in [1.29, 1.82) is 0 Å². The average molecular weight is 413 g/mol. The Labute approximate surface area is 185 Å². The van der Waals surface area contributed by atoms with Gasteiger partial charge in [0.1, 0.15) is 5.75 Å². The second-order valence-corrected chi connectivity index (χ2v) is 11.6. The number of hydrogen-bond donors (Lipinski definition) is 0. The minimum Gasteiger partial charge on any atom is -0.465 e. The van der Waals surface area contributed by atoms with Gasteiger partial charge in [-0.2, -0.15) is 0 Å². The molecule has 2 heteroatoms. The maximum Gasteiger partial charge on any atom is 0.202 e. The Morgan fingerprint density at radius 2 is 1.53 bits per heavy atom. The topological polar surface area (TPSA) is 18.5 Å². The summed E-state index contributed by atoms with van der Waals surface area (Å²) in [4.78, 5) is 0. The van der Waals surface area contributed by atoms with Gasteiger partial charge in [-0.05, 0) is 91.2 Å². The van der Waals surface area contributed by atoms with Gasteiger partial charge in [-0.15, -0.1) is 0 Å². The van der Waals surface area contributed by atoms with Gasteiger partial charge in [0.05, 0.1) is 6.10 Å². The highest BCUT2D eigenvalue weighted by atomic mass is 16.7. The molecule has 3 saturated carbocycles. The summed E-state index contributed by atoms with van der Waals surface area (Å²) in [6.45, 7) is 13.8. The lowest BCUT2D eigenvalue weighted by molar-refractivity contribution is -0.162. The normalized spacial score (nSPS) is 32.2. The fourth-order valence-corrected chi connectivity index (χ4v) is 6.88. The summed E-state index contributed by atoms with van der Waals surface area (Å²) in [7, 11) is 0. The average Bonchev–Trinajstić information content (AvgIpc) is 3.39. The summed E-state index contributed by atoms with van der Waals surface area (Å²) in [6, 6.07) is 8.88. The van der Waals surface area contributed by atoms with Crippen LogP contribution in [0.1, 0.15) is 91.5 Å². The lowest BCUT2D eigenvalue weighted by Crippen LogP contribution is -2.37. The van der Waals surface area contributed by atoms with Crippen LogP contribution in [-0.2, 0) is 4.74 Å². The Morgan fingerprint density at radius 3 is 2.17 bits per heavy atom. The fraction of sp³-hybridized carbons (Fsp3) is 0.786. The molecule has 0 saturated heterocycles. The van der Waals surface area contributed by atoms with Crippen molar-refractivity contribution in [2.75, 3.05) is 0 Å². The zero-order chi connectivity index (χ0) is 21.4. The molecule has 2 bridgehead atoms. The molecule has 3 fully saturated rings. The van der Waals surface area contributed by atoms with Crippen molar-refractivity contribution in [3.8, 4) is 5.75 Å². The first-order valence-corrected chi connectivity index (χ1v) is 12.8. The number of fused-ring (bicyclic) bond motifs is 5. The molecule has 1 aromatic rings. The summed E-state index contributed by atoms with van der Waals surface area (Å²) in [5.74, 6) is 6.96. The molecule has 0 heterocycles. The van der Waals surface area contributed by atoms with Crippen molar-refractivity contribution < 1.29 is 9.47 Å². The molecule has 0 aliphatic heterocycles. The van der Waals surface area contributed by atoms with Crippen LogP contribution in [-0.4, -0.2) is 12.4 Å². The summed E-state index contributed by atoms with van der Waals surface area (Å²) in [5.41, 5.74) is 1.44. The number of ether oxygens (including phenoxy) is 2. The molecule has 7 unspecified atom stereocenters. The molecule has 0 radical (unpaired) electrons. The van der Waals surface area contributed by atoms with Gasteiger partial charge in [-0.1, -0.05) is 60.1 Å². The van der Waals surface area contributed by atoms with Crippen molar-refractivity contribution in [3.63, 3.8) is 0 Å². The summed E-state index contributed by atoms with van der Waals surface area (Å²) >= 11 is 0. The third kappa shape index (κ3) is 4.59. The molecule has 0 spiro atoms. The van der Waals surface area contributed by atoms with E-state index in [1.807, 2.05) is 0 Å². The maximum atomic E-state index is 6.67. The second kappa shape index (κ2) is 9.23. The van der Waals surface area contributed by atoms with E-state index in [4.69, 9.17) is 9.47 Å². The van der Waals surface area contributed by atoms with Gasteiger partial charge in [-0.25, -0.2) is 0 Å². The molecular formula is C28H44O2. The van der Waals surface area contributed by atoms with Gasteiger partial charge >= 0.3 is 0 Å². The molecule has 0 aromatic heterocycles.